The van der Waals surface area contributed by atoms with Crippen LogP contribution in [0.3, 0.4) is 0 Å². The van der Waals surface area contributed by atoms with Crippen LogP contribution in [-0.2, 0) is 22.4 Å². The number of aromatic nitrogens is 3. The Morgan fingerprint density at radius 3 is 2.48 bits per heavy atom. The van der Waals surface area contributed by atoms with Crippen molar-refractivity contribution in [2.24, 2.45) is 5.92 Å². The molecule has 0 radical (unpaired) electrons. The first kappa shape index (κ1) is 18.1. The predicted octanol–water partition coefficient (Wildman–Crippen LogP) is 1.51. The summed E-state index contributed by atoms with van der Waals surface area (Å²) < 4.78 is 12.8. The van der Waals surface area contributed by atoms with Crippen molar-refractivity contribution < 1.29 is 9.47 Å². The second-order valence-corrected chi connectivity index (χ2v) is 5.90. The molecule has 0 aromatic carbocycles. The molecule has 0 amide bonds. The van der Waals surface area contributed by atoms with Gasteiger partial charge in [-0.15, -0.1) is 5.10 Å². The van der Waals surface area contributed by atoms with E-state index in [0.29, 0.717) is 31.8 Å². The number of ether oxygens (including phenoxy) is 2. The van der Waals surface area contributed by atoms with E-state index in [1.165, 1.54) is 0 Å². The van der Waals surface area contributed by atoms with E-state index in [-0.39, 0.29) is 0 Å². The molecule has 0 aliphatic carbocycles. The molecule has 0 saturated carbocycles. The summed E-state index contributed by atoms with van der Waals surface area (Å²) in [5.74, 6) is 0.605. The van der Waals surface area contributed by atoms with Gasteiger partial charge in [0.2, 0.25) is 0 Å². The molecule has 6 nitrogen and oxygen atoms in total. The summed E-state index contributed by atoms with van der Waals surface area (Å²) in [5.41, 5.74) is 1.05. The molecule has 0 unspecified atom stereocenters. The van der Waals surface area contributed by atoms with Crippen LogP contribution < -0.4 is 5.32 Å². The molecule has 0 aliphatic heterocycles. The monoisotopic (exact) mass is 298 g/mol. The lowest BCUT2D eigenvalue weighted by Crippen LogP contribution is -2.27. The largest absolute Gasteiger partial charge is 0.378 e. The molecule has 1 heterocycles. The summed E-state index contributed by atoms with van der Waals surface area (Å²) in [5, 5.41) is 11.5. The SMILES string of the molecule is CC(C)Cc1cn(CCOCCOCCNC(C)C)nn1. The summed E-state index contributed by atoms with van der Waals surface area (Å²) in [6.07, 6.45) is 2.97. The Hall–Kier alpha value is -0.980. The van der Waals surface area contributed by atoms with Crippen LogP contribution in [0, 0.1) is 5.92 Å². The van der Waals surface area contributed by atoms with E-state index in [4.69, 9.17) is 9.47 Å². The quantitative estimate of drug-likeness (QED) is 0.593. The predicted molar refractivity (Wildman–Crippen MR) is 83.3 cm³/mol. The minimum absolute atomic E-state index is 0.508. The maximum atomic E-state index is 5.52. The lowest BCUT2D eigenvalue weighted by atomic mass is 10.1. The van der Waals surface area contributed by atoms with Gasteiger partial charge in [0.25, 0.3) is 0 Å². The van der Waals surface area contributed by atoms with E-state index in [9.17, 15) is 0 Å². The number of hydrogen-bond acceptors (Lipinski definition) is 5. The molecule has 1 aromatic heterocycles. The summed E-state index contributed by atoms with van der Waals surface area (Å²) >= 11 is 0. The van der Waals surface area contributed by atoms with Gasteiger partial charge in [-0.05, 0) is 12.3 Å². The Balaban J connectivity index is 1.95. The first-order valence-corrected chi connectivity index (χ1v) is 7.85. The standard InChI is InChI=1S/C15H30N4O2/c1-13(2)11-15-12-19(18-17-15)6-8-21-10-9-20-7-5-16-14(3)4/h12-14,16H,5-11H2,1-4H3. The topological polar surface area (TPSA) is 61.2 Å². The second-order valence-electron chi connectivity index (χ2n) is 5.90. The van der Waals surface area contributed by atoms with Crippen LogP contribution in [0.15, 0.2) is 6.20 Å². The van der Waals surface area contributed by atoms with Gasteiger partial charge in [0.15, 0.2) is 0 Å². The highest BCUT2D eigenvalue weighted by atomic mass is 16.5. The molecule has 0 atom stereocenters. The van der Waals surface area contributed by atoms with E-state index in [2.05, 4.69) is 43.3 Å². The van der Waals surface area contributed by atoms with E-state index in [1.807, 2.05) is 10.9 Å². The third-order valence-corrected chi connectivity index (χ3v) is 2.84. The van der Waals surface area contributed by atoms with Gasteiger partial charge >= 0.3 is 0 Å². The Labute approximate surface area is 128 Å². The number of hydrogen-bond donors (Lipinski definition) is 1. The van der Waals surface area contributed by atoms with Gasteiger partial charge in [-0.25, -0.2) is 4.68 Å². The third-order valence-electron chi connectivity index (χ3n) is 2.84. The lowest BCUT2D eigenvalue weighted by molar-refractivity contribution is 0.0445. The van der Waals surface area contributed by atoms with Crippen molar-refractivity contribution in [1.82, 2.24) is 20.3 Å². The van der Waals surface area contributed by atoms with Gasteiger partial charge in [0, 0.05) is 18.8 Å². The van der Waals surface area contributed by atoms with E-state index in [0.717, 1.165) is 31.8 Å². The lowest BCUT2D eigenvalue weighted by Gasteiger charge is -2.08. The van der Waals surface area contributed by atoms with Gasteiger partial charge in [-0.3, -0.25) is 0 Å². The van der Waals surface area contributed by atoms with Crippen LogP contribution in [0.1, 0.15) is 33.4 Å². The van der Waals surface area contributed by atoms with Crippen LogP contribution in [0.25, 0.3) is 0 Å². The van der Waals surface area contributed by atoms with Gasteiger partial charge in [0.05, 0.1) is 38.7 Å². The molecule has 1 aromatic rings. The Morgan fingerprint density at radius 1 is 1.10 bits per heavy atom. The second kappa shape index (κ2) is 10.7. The first-order valence-electron chi connectivity index (χ1n) is 7.85. The smallest absolute Gasteiger partial charge is 0.0829 e. The highest BCUT2D eigenvalue weighted by Gasteiger charge is 2.03. The van der Waals surface area contributed by atoms with Crippen LogP contribution in [0.4, 0.5) is 0 Å². The summed E-state index contributed by atoms with van der Waals surface area (Å²) in [4.78, 5) is 0. The Kier molecular flexibility index (Phi) is 9.21. The zero-order valence-corrected chi connectivity index (χ0v) is 13.8. The van der Waals surface area contributed by atoms with Gasteiger partial charge in [0.1, 0.15) is 0 Å². The fourth-order valence-corrected chi connectivity index (χ4v) is 1.86. The summed E-state index contributed by atoms with van der Waals surface area (Å²) in [6.45, 7) is 12.8. The summed E-state index contributed by atoms with van der Waals surface area (Å²) in [7, 11) is 0. The maximum Gasteiger partial charge on any atom is 0.0829 e. The van der Waals surface area contributed by atoms with Gasteiger partial charge < -0.3 is 14.8 Å². The molecule has 0 bridgehead atoms. The zero-order chi connectivity index (χ0) is 15.5. The van der Waals surface area contributed by atoms with Crippen molar-refractivity contribution in [1.29, 1.82) is 0 Å². The van der Waals surface area contributed by atoms with Crippen molar-refractivity contribution in [3.8, 4) is 0 Å². The molecule has 0 fully saturated rings. The van der Waals surface area contributed by atoms with Crippen LogP contribution in [0.2, 0.25) is 0 Å². The van der Waals surface area contributed by atoms with Crippen molar-refractivity contribution in [2.45, 2.75) is 46.7 Å². The summed E-state index contributed by atoms with van der Waals surface area (Å²) in [6, 6.07) is 0.508. The molecule has 21 heavy (non-hydrogen) atoms. The maximum absolute atomic E-state index is 5.52. The third kappa shape index (κ3) is 9.55. The highest BCUT2D eigenvalue weighted by Crippen LogP contribution is 2.03. The molecule has 122 valence electrons. The molecule has 0 saturated heterocycles. The normalized spacial score (nSPS) is 11.7. The average Bonchev–Trinajstić information content (AvgIpc) is 2.83. The number of nitrogens with zero attached hydrogens (tertiary/aromatic N) is 3. The van der Waals surface area contributed by atoms with Crippen LogP contribution in [-0.4, -0.2) is 54.0 Å². The van der Waals surface area contributed by atoms with Crippen molar-refractivity contribution in [3.63, 3.8) is 0 Å². The fourth-order valence-electron chi connectivity index (χ4n) is 1.86. The van der Waals surface area contributed by atoms with Crippen molar-refractivity contribution in [3.05, 3.63) is 11.9 Å². The van der Waals surface area contributed by atoms with E-state index in [1.54, 1.807) is 0 Å². The molecule has 6 heteroatoms. The minimum atomic E-state index is 0.508. The molecule has 1 N–H and O–H groups in total. The van der Waals surface area contributed by atoms with Crippen LogP contribution in [0.5, 0.6) is 0 Å². The van der Waals surface area contributed by atoms with Gasteiger partial charge in [-0.2, -0.15) is 0 Å². The number of nitrogens with one attached hydrogen (secondary N) is 1. The molecular weight excluding hydrogens is 268 g/mol. The average molecular weight is 298 g/mol. The van der Waals surface area contributed by atoms with Crippen molar-refractivity contribution in [2.75, 3.05) is 33.0 Å². The minimum Gasteiger partial charge on any atom is -0.378 e. The van der Waals surface area contributed by atoms with Crippen LogP contribution >= 0.6 is 0 Å². The molecule has 1 rings (SSSR count). The molecule has 0 aliphatic rings. The first-order chi connectivity index (χ1) is 10.1. The van der Waals surface area contributed by atoms with Gasteiger partial charge in [-0.1, -0.05) is 32.9 Å². The fraction of sp³-hybridized carbons (Fsp3) is 0.867. The van der Waals surface area contributed by atoms with Crippen molar-refractivity contribution >= 4 is 0 Å². The van der Waals surface area contributed by atoms with E-state index >= 15 is 0 Å². The zero-order valence-electron chi connectivity index (χ0n) is 13.8. The number of rotatable bonds is 12. The highest BCUT2D eigenvalue weighted by molar-refractivity contribution is 4.92. The molecule has 0 spiro atoms. The Morgan fingerprint density at radius 2 is 1.81 bits per heavy atom. The Bertz CT molecular complexity index is 366. The van der Waals surface area contributed by atoms with E-state index < -0.39 is 0 Å². The molecular formula is C15H30N4O2.